The highest BCUT2D eigenvalue weighted by Crippen LogP contribution is 2.27. The summed E-state index contributed by atoms with van der Waals surface area (Å²) in [5.74, 6) is 1.18. The zero-order valence-electron chi connectivity index (χ0n) is 18.6. The van der Waals surface area contributed by atoms with Crippen molar-refractivity contribution in [3.8, 4) is 0 Å². The molecule has 1 aliphatic heterocycles. The fourth-order valence-corrected chi connectivity index (χ4v) is 3.80. The number of amides is 1. The molecule has 0 radical (unpaired) electrons. The SMILES string of the molecule is CCNC(=O)C1CCn2c(nnc2[C@@H](COCc2ccccc2)CC(=O)C(C)(C)N)C1. The molecule has 2 atom stereocenters. The summed E-state index contributed by atoms with van der Waals surface area (Å²) in [6.07, 6.45) is 1.50. The van der Waals surface area contributed by atoms with E-state index in [4.69, 9.17) is 10.5 Å². The molecule has 0 bridgehead atoms. The predicted molar refractivity (Wildman–Crippen MR) is 117 cm³/mol. The van der Waals surface area contributed by atoms with Crippen molar-refractivity contribution in [3.05, 3.63) is 47.5 Å². The number of carbonyl (C=O) groups excluding carboxylic acids is 2. The molecule has 0 spiro atoms. The predicted octanol–water partition coefficient (Wildman–Crippen LogP) is 1.97. The monoisotopic (exact) mass is 427 g/mol. The van der Waals surface area contributed by atoms with Gasteiger partial charge in [-0.15, -0.1) is 10.2 Å². The van der Waals surface area contributed by atoms with Gasteiger partial charge in [0, 0.05) is 37.8 Å². The molecule has 1 amide bonds. The van der Waals surface area contributed by atoms with Crippen molar-refractivity contribution < 1.29 is 14.3 Å². The van der Waals surface area contributed by atoms with Crippen molar-refractivity contribution in [1.29, 1.82) is 0 Å². The van der Waals surface area contributed by atoms with Crippen LogP contribution in [0.15, 0.2) is 30.3 Å². The molecule has 3 N–H and O–H groups in total. The average molecular weight is 428 g/mol. The highest BCUT2D eigenvalue weighted by molar-refractivity contribution is 5.87. The lowest BCUT2D eigenvalue weighted by molar-refractivity contribution is -0.125. The molecule has 0 saturated heterocycles. The summed E-state index contributed by atoms with van der Waals surface area (Å²) in [6, 6.07) is 9.91. The van der Waals surface area contributed by atoms with Gasteiger partial charge in [-0.1, -0.05) is 30.3 Å². The van der Waals surface area contributed by atoms with E-state index < -0.39 is 5.54 Å². The number of hydrogen-bond donors (Lipinski definition) is 2. The van der Waals surface area contributed by atoms with Crippen LogP contribution in [0.3, 0.4) is 0 Å². The molecule has 0 fully saturated rings. The van der Waals surface area contributed by atoms with E-state index in [2.05, 4.69) is 15.5 Å². The summed E-state index contributed by atoms with van der Waals surface area (Å²) in [6.45, 7) is 7.41. The van der Waals surface area contributed by atoms with Gasteiger partial charge in [0.05, 0.1) is 18.8 Å². The summed E-state index contributed by atoms with van der Waals surface area (Å²) < 4.78 is 8.01. The van der Waals surface area contributed by atoms with Crippen LogP contribution in [0.2, 0.25) is 0 Å². The van der Waals surface area contributed by atoms with Crippen LogP contribution in [0.1, 0.15) is 56.7 Å². The van der Waals surface area contributed by atoms with Crippen LogP contribution in [0, 0.1) is 5.92 Å². The van der Waals surface area contributed by atoms with Gasteiger partial charge in [-0.05, 0) is 32.8 Å². The maximum atomic E-state index is 12.7. The molecular weight excluding hydrogens is 394 g/mol. The minimum Gasteiger partial charge on any atom is -0.376 e. The first kappa shape index (κ1) is 23.1. The lowest BCUT2D eigenvalue weighted by Crippen LogP contribution is -2.42. The summed E-state index contributed by atoms with van der Waals surface area (Å²) in [4.78, 5) is 24.9. The summed E-state index contributed by atoms with van der Waals surface area (Å²) in [5, 5.41) is 11.6. The third kappa shape index (κ3) is 5.98. The smallest absolute Gasteiger partial charge is 0.223 e. The molecule has 1 aromatic carbocycles. The second-order valence-electron chi connectivity index (χ2n) is 8.76. The van der Waals surface area contributed by atoms with Crippen LogP contribution < -0.4 is 11.1 Å². The number of rotatable bonds is 10. The number of fused-ring (bicyclic) bond motifs is 1. The Morgan fingerprint density at radius 1 is 1.29 bits per heavy atom. The fraction of sp³-hybridized carbons (Fsp3) is 0.565. The molecule has 8 nitrogen and oxygen atoms in total. The Hall–Kier alpha value is -2.58. The van der Waals surface area contributed by atoms with Crippen LogP contribution in [0.4, 0.5) is 0 Å². The normalized spacial score (nSPS) is 17.1. The zero-order valence-corrected chi connectivity index (χ0v) is 18.6. The third-order valence-electron chi connectivity index (χ3n) is 5.65. The van der Waals surface area contributed by atoms with E-state index >= 15 is 0 Å². The average Bonchev–Trinajstić information content (AvgIpc) is 3.16. The topological polar surface area (TPSA) is 112 Å². The lowest BCUT2D eigenvalue weighted by atomic mass is 9.91. The van der Waals surface area contributed by atoms with Gasteiger partial charge in [0.15, 0.2) is 5.78 Å². The molecule has 3 rings (SSSR count). The number of nitrogens with zero attached hydrogens (tertiary/aromatic N) is 3. The van der Waals surface area contributed by atoms with Crippen molar-refractivity contribution in [2.75, 3.05) is 13.2 Å². The van der Waals surface area contributed by atoms with E-state index in [-0.39, 0.29) is 29.9 Å². The molecular formula is C23H33N5O3. The van der Waals surface area contributed by atoms with Crippen LogP contribution in [-0.2, 0) is 33.9 Å². The van der Waals surface area contributed by atoms with E-state index in [9.17, 15) is 9.59 Å². The molecule has 2 aromatic rings. The van der Waals surface area contributed by atoms with E-state index in [0.717, 1.165) is 23.6 Å². The molecule has 1 unspecified atom stereocenters. The number of Topliss-reactive ketones (excluding diaryl/α,β-unsaturated/α-hetero) is 1. The van der Waals surface area contributed by atoms with Gasteiger partial charge in [0.1, 0.15) is 11.6 Å². The largest absolute Gasteiger partial charge is 0.376 e. The number of nitrogens with one attached hydrogen (secondary N) is 1. The van der Waals surface area contributed by atoms with Gasteiger partial charge in [0.2, 0.25) is 5.91 Å². The second-order valence-corrected chi connectivity index (χ2v) is 8.76. The highest BCUT2D eigenvalue weighted by Gasteiger charge is 2.33. The van der Waals surface area contributed by atoms with Crippen molar-refractivity contribution in [3.63, 3.8) is 0 Å². The van der Waals surface area contributed by atoms with Gasteiger partial charge in [0.25, 0.3) is 0 Å². The maximum Gasteiger partial charge on any atom is 0.223 e. The van der Waals surface area contributed by atoms with Gasteiger partial charge in [-0.25, -0.2) is 0 Å². The Balaban J connectivity index is 1.74. The van der Waals surface area contributed by atoms with Crippen LogP contribution >= 0.6 is 0 Å². The molecule has 1 aliphatic rings. The minimum absolute atomic E-state index is 0.0471. The standard InChI is InChI=1S/C23H33N5O3/c1-4-25-22(30)17-10-11-28-20(13-17)26-27-21(28)18(12-19(29)23(2,3)24)15-31-14-16-8-6-5-7-9-16/h5-9,17-18H,4,10-15,24H2,1-3H3,(H,25,30)/t17?,18-/m1/s1. The maximum absolute atomic E-state index is 12.7. The Kier molecular flexibility index (Phi) is 7.56. The molecule has 1 aromatic heterocycles. The van der Waals surface area contributed by atoms with Crippen LogP contribution in [0.5, 0.6) is 0 Å². The second kappa shape index (κ2) is 10.2. The summed E-state index contributed by atoms with van der Waals surface area (Å²) in [5.41, 5.74) is 6.18. The Labute approximate surface area is 183 Å². The first-order chi connectivity index (χ1) is 14.8. The molecule has 168 valence electrons. The molecule has 31 heavy (non-hydrogen) atoms. The first-order valence-corrected chi connectivity index (χ1v) is 10.9. The number of nitrogens with two attached hydrogens (primary N) is 1. The third-order valence-corrected chi connectivity index (χ3v) is 5.65. The van der Waals surface area contributed by atoms with Gasteiger partial charge < -0.3 is 20.4 Å². The first-order valence-electron chi connectivity index (χ1n) is 10.9. The van der Waals surface area contributed by atoms with E-state index in [1.165, 1.54) is 0 Å². The number of ether oxygens (including phenoxy) is 1. The Morgan fingerprint density at radius 2 is 2.03 bits per heavy atom. The van der Waals surface area contributed by atoms with Crippen molar-refractivity contribution in [2.24, 2.45) is 11.7 Å². The van der Waals surface area contributed by atoms with Gasteiger partial charge >= 0.3 is 0 Å². The lowest BCUT2D eigenvalue weighted by Gasteiger charge is -2.26. The number of aromatic nitrogens is 3. The number of benzene rings is 1. The van der Waals surface area contributed by atoms with Gasteiger partial charge in [-0.2, -0.15) is 0 Å². The number of carbonyl (C=O) groups is 2. The Morgan fingerprint density at radius 3 is 2.71 bits per heavy atom. The molecule has 8 heteroatoms. The Bertz CT molecular complexity index is 888. The number of ketones is 1. The van der Waals surface area contributed by atoms with E-state index in [0.29, 0.717) is 32.7 Å². The van der Waals surface area contributed by atoms with E-state index in [1.54, 1.807) is 13.8 Å². The summed E-state index contributed by atoms with van der Waals surface area (Å²) >= 11 is 0. The summed E-state index contributed by atoms with van der Waals surface area (Å²) in [7, 11) is 0. The minimum atomic E-state index is -0.925. The van der Waals surface area contributed by atoms with Gasteiger partial charge in [-0.3, -0.25) is 9.59 Å². The quantitative estimate of drug-likeness (QED) is 0.600. The zero-order chi connectivity index (χ0) is 22.4. The van der Waals surface area contributed by atoms with Crippen LogP contribution in [-0.4, -0.2) is 45.1 Å². The van der Waals surface area contributed by atoms with Crippen molar-refractivity contribution in [1.82, 2.24) is 20.1 Å². The molecule has 2 heterocycles. The van der Waals surface area contributed by atoms with Crippen LogP contribution in [0.25, 0.3) is 0 Å². The molecule has 0 saturated carbocycles. The number of hydrogen-bond acceptors (Lipinski definition) is 6. The van der Waals surface area contributed by atoms with Crippen molar-refractivity contribution >= 4 is 11.7 Å². The molecule has 0 aliphatic carbocycles. The van der Waals surface area contributed by atoms with Crippen molar-refractivity contribution in [2.45, 2.75) is 64.6 Å². The van der Waals surface area contributed by atoms with E-state index in [1.807, 2.05) is 41.8 Å². The highest BCUT2D eigenvalue weighted by atomic mass is 16.5. The fourth-order valence-electron chi connectivity index (χ4n) is 3.80.